The summed E-state index contributed by atoms with van der Waals surface area (Å²) in [6.45, 7) is 2.47. The SMILES string of the molecule is Cc1occc1-c1nnc(SCC(=O)NC2(C#N)CCCC2)n1Cc1ccccc1. The summed E-state index contributed by atoms with van der Waals surface area (Å²) >= 11 is 1.33. The summed E-state index contributed by atoms with van der Waals surface area (Å²) in [5, 5.41) is 21.8. The summed E-state index contributed by atoms with van der Waals surface area (Å²) in [7, 11) is 0. The normalized spacial score (nSPS) is 15.1. The van der Waals surface area contributed by atoms with Gasteiger partial charge >= 0.3 is 0 Å². The zero-order valence-electron chi connectivity index (χ0n) is 16.8. The molecule has 4 rings (SSSR count). The molecule has 1 aliphatic rings. The average molecular weight is 422 g/mol. The first-order valence-electron chi connectivity index (χ1n) is 9.97. The Morgan fingerprint density at radius 2 is 2.03 bits per heavy atom. The highest BCUT2D eigenvalue weighted by Crippen LogP contribution is 2.30. The molecule has 1 saturated carbocycles. The van der Waals surface area contributed by atoms with Crippen LogP contribution in [0.1, 0.15) is 37.0 Å². The molecule has 0 unspecified atom stereocenters. The Morgan fingerprint density at radius 1 is 1.27 bits per heavy atom. The number of nitrogens with zero attached hydrogens (tertiary/aromatic N) is 4. The maximum Gasteiger partial charge on any atom is 0.231 e. The van der Waals surface area contributed by atoms with Gasteiger partial charge < -0.3 is 9.73 Å². The van der Waals surface area contributed by atoms with Crippen LogP contribution in [0.5, 0.6) is 0 Å². The molecule has 8 heteroatoms. The summed E-state index contributed by atoms with van der Waals surface area (Å²) in [4.78, 5) is 12.5. The maximum absolute atomic E-state index is 12.5. The van der Waals surface area contributed by atoms with E-state index in [1.54, 1.807) is 6.26 Å². The number of carbonyl (C=O) groups is 1. The van der Waals surface area contributed by atoms with Crippen molar-refractivity contribution < 1.29 is 9.21 Å². The topological polar surface area (TPSA) is 96.7 Å². The molecule has 0 saturated heterocycles. The van der Waals surface area contributed by atoms with Crippen LogP contribution in [0.4, 0.5) is 0 Å². The van der Waals surface area contributed by atoms with Gasteiger partial charge in [-0.05, 0) is 44.2 Å². The van der Waals surface area contributed by atoms with Gasteiger partial charge in [-0.2, -0.15) is 5.26 Å². The van der Waals surface area contributed by atoms with Crippen LogP contribution in [0.25, 0.3) is 11.4 Å². The van der Waals surface area contributed by atoms with Crippen molar-refractivity contribution >= 4 is 17.7 Å². The summed E-state index contributed by atoms with van der Waals surface area (Å²) < 4.78 is 7.45. The van der Waals surface area contributed by atoms with E-state index < -0.39 is 5.54 Å². The molecule has 2 aromatic heterocycles. The molecule has 30 heavy (non-hydrogen) atoms. The van der Waals surface area contributed by atoms with Gasteiger partial charge in [0.1, 0.15) is 11.3 Å². The third-order valence-corrected chi connectivity index (χ3v) is 6.35. The first-order valence-corrected chi connectivity index (χ1v) is 11.0. The minimum absolute atomic E-state index is 0.154. The molecule has 2 heterocycles. The Hall–Kier alpha value is -3.05. The number of carbonyl (C=O) groups excluding carboxylic acids is 1. The Morgan fingerprint density at radius 3 is 2.70 bits per heavy atom. The molecule has 1 fully saturated rings. The first-order chi connectivity index (χ1) is 14.6. The summed E-state index contributed by atoms with van der Waals surface area (Å²) in [6, 6.07) is 14.2. The van der Waals surface area contributed by atoms with E-state index in [4.69, 9.17) is 4.42 Å². The van der Waals surface area contributed by atoms with Gasteiger partial charge in [0.25, 0.3) is 0 Å². The number of nitriles is 1. The largest absolute Gasteiger partial charge is 0.469 e. The van der Waals surface area contributed by atoms with Gasteiger partial charge in [-0.3, -0.25) is 9.36 Å². The first kappa shape index (κ1) is 20.2. The van der Waals surface area contributed by atoms with Crippen molar-refractivity contribution in [3.05, 3.63) is 54.0 Å². The molecule has 1 N–H and O–H groups in total. The minimum atomic E-state index is -0.714. The van der Waals surface area contributed by atoms with Crippen molar-refractivity contribution in [1.29, 1.82) is 5.26 Å². The maximum atomic E-state index is 12.5. The second-order valence-corrected chi connectivity index (χ2v) is 8.45. The number of benzene rings is 1. The molecule has 1 aromatic carbocycles. The van der Waals surface area contributed by atoms with Crippen molar-refractivity contribution in [2.75, 3.05) is 5.75 Å². The van der Waals surface area contributed by atoms with E-state index in [0.717, 1.165) is 29.7 Å². The Labute approximate surface area is 179 Å². The van der Waals surface area contributed by atoms with E-state index in [1.807, 2.05) is 47.9 Å². The fourth-order valence-electron chi connectivity index (χ4n) is 3.80. The van der Waals surface area contributed by atoms with Gasteiger partial charge in [0, 0.05) is 0 Å². The lowest BCUT2D eigenvalue weighted by Gasteiger charge is -2.21. The lowest BCUT2D eigenvalue weighted by molar-refractivity contribution is -0.119. The average Bonchev–Trinajstić information content (AvgIpc) is 3.48. The molecule has 0 radical (unpaired) electrons. The summed E-state index contributed by atoms with van der Waals surface area (Å²) in [6.07, 6.45) is 5.01. The van der Waals surface area contributed by atoms with Gasteiger partial charge in [-0.25, -0.2) is 0 Å². The fourth-order valence-corrected chi connectivity index (χ4v) is 4.53. The van der Waals surface area contributed by atoms with E-state index >= 15 is 0 Å². The molecule has 7 nitrogen and oxygen atoms in total. The molecule has 3 aromatic rings. The van der Waals surface area contributed by atoms with Crippen LogP contribution in [-0.4, -0.2) is 32.0 Å². The molecule has 1 aliphatic carbocycles. The van der Waals surface area contributed by atoms with Crippen molar-refractivity contribution in [2.45, 2.75) is 49.8 Å². The number of nitrogens with one attached hydrogen (secondary N) is 1. The van der Waals surface area contributed by atoms with Crippen LogP contribution in [0.15, 0.2) is 52.2 Å². The van der Waals surface area contributed by atoms with Gasteiger partial charge in [-0.1, -0.05) is 42.1 Å². The third-order valence-electron chi connectivity index (χ3n) is 5.38. The lowest BCUT2D eigenvalue weighted by Crippen LogP contribution is -2.45. The van der Waals surface area contributed by atoms with E-state index in [0.29, 0.717) is 30.4 Å². The van der Waals surface area contributed by atoms with Crippen molar-refractivity contribution in [3.63, 3.8) is 0 Å². The molecule has 0 aliphatic heterocycles. The van der Waals surface area contributed by atoms with Crippen molar-refractivity contribution in [3.8, 4) is 17.5 Å². The molecule has 1 amide bonds. The summed E-state index contributed by atoms with van der Waals surface area (Å²) in [5.41, 5.74) is 1.28. The number of hydrogen-bond donors (Lipinski definition) is 1. The van der Waals surface area contributed by atoms with Crippen LogP contribution in [-0.2, 0) is 11.3 Å². The second-order valence-electron chi connectivity index (χ2n) is 7.51. The highest BCUT2D eigenvalue weighted by Gasteiger charge is 2.35. The quantitative estimate of drug-likeness (QED) is 0.581. The van der Waals surface area contributed by atoms with Crippen molar-refractivity contribution in [1.82, 2.24) is 20.1 Å². The highest BCUT2D eigenvalue weighted by atomic mass is 32.2. The fraction of sp³-hybridized carbons (Fsp3) is 0.364. The molecule has 0 spiro atoms. The smallest absolute Gasteiger partial charge is 0.231 e. The number of amides is 1. The van der Waals surface area contributed by atoms with Gasteiger partial charge in [0.05, 0.1) is 30.2 Å². The number of thioether (sulfide) groups is 1. The number of aryl methyl sites for hydroxylation is 1. The number of rotatable bonds is 7. The zero-order chi connectivity index (χ0) is 21.0. The van der Waals surface area contributed by atoms with Gasteiger partial charge in [-0.15, -0.1) is 10.2 Å². The van der Waals surface area contributed by atoms with E-state index in [9.17, 15) is 10.1 Å². The highest BCUT2D eigenvalue weighted by molar-refractivity contribution is 7.99. The second kappa shape index (κ2) is 8.76. The Balaban J connectivity index is 1.54. The Bertz CT molecular complexity index is 1060. The molecule has 154 valence electrons. The van der Waals surface area contributed by atoms with Crippen LogP contribution in [0.3, 0.4) is 0 Å². The third kappa shape index (κ3) is 4.26. The standard InChI is InChI=1S/C22H23N5O2S/c1-16-18(9-12-29-16)20-25-26-21(27(20)13-17-7-3-2-4-8-17)30-14-19(28)24-22(15-23)10-5-6-11-22/h2-4,7-9,12H,5-6,10-11,13-14H2,1H3,(H,24,28). The number of aromatic nitrogens is 3. The lowest BCUT2D eigenvalue weighted by atomic mass is 10.0. The predicted molar refractivity (Wildman–Crippen MR) is 114 cm³/mol. The zero-order valence-corrected chi connectivity index (χ0v) is 17.6. The van der Waals surface area contributed by atoms with Crippen LogP contribution < -0.4 is 5.32 Å². The predicted octanol–water partition coefficient (Wildman–Crippen LogP) is 3.94. The molecule has 0 atom stereocenters. The Kier molecular flexibility index (Phi) is 5.91. The summed E-state index contributed by atoms with van der Waals surface area (Å²) in [5.74, 6) is 1.50. The van der Waals surface area contributed by atoms with E-state index in [1.165, 1.54) is 11.8 Å². The van der Waals surface area contributed by atoms with Crippen LogP contribution >= 0.6 is 11.8 Å². The molecule has 0 bridgehead atoms. The molecular formula is C22H23N5O2S. The van der Waals surface area contributed by atoms with Gasteiger partial charge in [0.15, 0.2) is 11.0 Å². The number of furan rings is 1. The van der Waals surface area contributed by atoms with Crippen LogP contribution in [0.2, 0.25) is 0 Å². The monoisotopic (exact) mass is 421 g/mol. The number of hydrogen-bond acceptors (Lipinski definition) is 6. The molecular weight excluding hydrogens is 398 g/mol. The van der Waals surface area contributed by atoms with E-state index in [2.05, 4.69) is 21.6 Å². The van der Waals surface area contributed by atoms with Crippen molar-refractivity contribution in [2.24, 2.45) is 0 Å². The van der Waals surface area contributed by atoms with E-state index in [-0.39, 0.29) is 11.7 Å². The van der Waals surface area contributed by atoms with Gasteiger partial charge in [0.2, 0.25) is 5.91 Å². The van der Waals surface area contributed by atoms with Crippen LogP contribution in [0, 0.1) is 18.3 Å². The minimum Gasteiger partial charge on any atom is -0.469 e.